The Morgan fingerprint density at radius 3 is 2.52 bits per heavy atom. The van der Waals surface area contributed by atoms with Gasteiger partial charge in [-0.1, -0.05) is 11.3 Å². The summed E-state index contributed by atoms with van der Waals surface area (Å²) in [5.74, 6) is 0.727. The Morgan fingerprint density at radius 1 is 1.16 bits per heavy atom. The molecule has 2 aromatic carbocycles. The lowest BCUT2D eigenvalue weighted by atomic mass is 10.3. The van der Waals surface area contributed by atoms with Crippen molar-refractivity contribution in [2.24, 2.45) is 4.99 Å². The van der Waals surface area contributed by atoms with Crippen LogP contribution in [0.4, 0.5) is 0 Å². The van der Waals surface area contributed by atoms with Crippen LogP contribution < -0.4 is 14.3 Å². The molecular formula is C21H24N2O5S3. The molecule has 3 rings (SSSR count). The van der Waals surface area contributed by atoms with Crippen LogP contribution in [0.3, 0.4) is 0 Å². The molecule has 0 aliphatic carbocycles. The summed E-state index contributed by atoms with van der Waals surface area (Å²) in [7, 11) is -2.31. The number of rotatable bonds is 9. The lowest BCUT2D eigenvalue weighted by Gasteiger charge is -2.06. The fourth-order valence-electron chi connectivity index (χ4n) is 2.96. The second-order valence-electron chi connectivity index (χ2n) is 6.53. The van der Waals surface area contributed by atoms with Gasteiger partial charge in [0.05, 0.1) is 28.8 Å². The molecule has 0 aliphatic heterocycles. The van der Waals surface area contributed by atoms with E-state index in [0.29, 0.717) is 23.7 Å². The van der Waals surface area contributed by atoms with Crippen molar-refractivity contribution < 1.29 is 22.7 Å². The molecule has 3 aromatic rings. The SMILES string of the molecule is CCOc1ccc2c(c1)sc(=NC(=O)CS(=O)(=O)c1ccc(OC)cc1)n2CCSC. The molecule has 7 nitrogen and oxygen atoms in total. The van der Waals surface area contributed by atoms with Gasteiger partial charge in [0.25, 0.3) is 5.91 Å². The standard InChI is InChI=1S/C21H24N2O5S3/c1-4-28-16-7-10-18-19(13-16)30-21(23(18)11-12-29-3)22-20(24)14-31(25,26)17-8-5-15(27-2)6-9-17/h5-10,13H,4,11-12,14H2,1-3H3. The molecule has 0 fully saturated rings. The topological polar surface area (TPSA) is 87.0 Å². The lowest BCUT2D eigenvalue weighted by molar-refractivity contribution is -0.115. The third kappa shape index (κ3) is 5.69. The number of fused-ring (bicyclic) bond motifs is 1. The summed E-state index contributed by atoms with van der Waals surface area (Å²) in [6.45, 7) is 3.13. The molecule has 0 atom stereocenters. The van der Waals surface area contributed by atoms with E-state index in [1.165, 1.54) is 30.6 Å². The first-order valence-electron chi connectivity index (χ1n) is 9.57. The van der Waals surface area contributed by atoms with E-state index < -0.39 is 21.5 Å². The van der Waals surface area contributed by atoms with Gasteiger partial charge in [0.1, 0.15) is 17.3 Å². The lowest BCUT2D eigenvalue weighted by Crippen LogP contribution is -2.21. The summed E-state index contributed by atoms with van der Waals surface area (Å²) in [5, 5.41) is 0. The number of methoxy groups -OCH3 is 1. The van der Waals surface area contributed by atoms with Crippen molar-refractivity contribution in [1.29, 1.82) is 0 Å². The van der Waals surface area contributed by atoms with Crippen LogP contribution in [0.1, 0.15) is 6.92 Å². The molecule has 0 unspecified atom stereocenters. The average molecular weight is 481 g/mol. The van der Waals surface area contributed by atoms with Gasteiger partial charge in [-0.15, -0.1) is 0 Å². The highest BCUT2D eigenvalue weighted by Gasteiger charge is 2.20. The molecule has 0 saturated heterocycles. The van der Waals surface area contributed by atoms with Crippen LogP contribution in [0.15, 0.2) is 52.4 Å². The molecule has 0 radical (unpaired) electrons. The van der Waals surface area contributed by atoms with Crippen molar-refractivity contribution in [1.82, 2.24) is 4.57 Å². The number of amides is 1. The van der Waals surface area contributed by atoms with Crippen molar-refractivity contribution in [2.75, 3.05) is 31.5 Å². The highest BCUT2D eigenvalue weighted by atomic mass is 32.2. The van der Waals surface area contributed by atoms with Gasteiger partial charge >= 0.3 is 0 Å². The quantitative estimate of drug-likeness (QED) is 0.467. The zero-order valence-corrected chi connectivity index (χ0v) is 20.0. The minimum absolute atomic E-state index is 0.0600. The normalized spacial score (nSPS) is 12.3. The molecule has 1 amide bonds. The van der Waals surface area contributed by atoms with E-state index in [9.17, 15) is 13.2 Å². The smallest absolute Gasteiger partial charge is 0.263 e. The number of ether oxygens (including phenoxy) is 2. The van der Waals surface area contributed by atoms with E-state index in [1.54, 1.807) is 23.9 Å². The first kappa shape index (κ1) is 23.4. The first-order chi connectivity index (χ1) is 14.9. The Bertz CT molecular complexity index is 1230. The van der Waals surface area contributed by atoms with E-state index in [1.807, 2.05) is 35.9 Å². The summed E-state index contributed by atoms with van der Waals surface area (Å²) in [6.07, 6.45) is 2.01. The van der Waals surface area contributed by atoms with Gasteiger partial charge in [-0.25, -0.2) is 8.42 Å². The van der Waals surface area contributed by atoms with Gasteiger partial charge in [-0.2, -0.15) is 16.8 Å². The van der Waals surface area contributed by atoms with Gasteiger partial charge in [-0.05, 0) is 55.6 Å². The number of thioether (sulfide) groups is 1. The summed E-state index contributed by atoms with van der Waals surface area (Å²) in [6, 6.07) is 11.7. The number of carbonyl (C=O) groups is 1. The van der Waals surface area contributed by atoms with E-state index in [-0.39, 0.29) is 4.90 Å². The van der Waals surface area contributed by atoms with Gasteiger partial charge < -0.3 is 14.0 Å². The second-order valence-corrected chi connectivity index (χ2v) is 10.5. The maximum absolute atomic E-state index is 12.6. The fraction of sp³-hybridized carbons (Fsp3) is 0.333. The molecule has 10 heteroatoms. The first-order valence-corrected chi connectivity index (χ1v) is 13.4. The van der Waals surface area contributed by atoms with Gasteiger partial charge in [0.2, 0.25) is 0 Å². The van der Waals surface area contributed by atoms with Gasteiger partial charge in [-0.3, -0.25) is 4.79 Å². The third-order valence-corrected chi connectivity index (χ3v) is 7.69. The minimum Gasteiger partial charge on any atom is -0.497 e. The van der Waals surface area contributed by atoms with Crippen molar-refractivity contribution in [3.8, 4) is 11.5 Å². The second kappa shape index (κ2) is 10.3. The summed E-state index contributed by atoms with van der Waals surface area (Å²) in [5.41, 5.74) is 0.937. The van der Waals surface area contributed by atoms with E-state index in [2.05, 4.69) is 4.99 Å². The van der Waals surface area contributed by atoms with Gasteiger partial charge in [0, 0.05) is 12.3 Å². The van der Waals surface area contributed by atoms with Crippen molar-refractivity contribution in [3.05, 3.63) is 47.3 Å². The van der Waals surface area contributed by atoms with E-state index in [4.69, 9.17) is 9.47 Å². The molecule has 166 valence electrons. The maximum atomic E-state index is 12.6. The molecule has 1 aromatic heterocycles. The number of aromatic nitrogens is 1. The molecule has 0 bridgehead atoms. The number of hydrogen-bond acceptors (Lipinski definition) is 7. The molecule has 1 heterocycles. The molecule has 0 aliphatic rings. The average Bonchev–Trinajstić information content (AvgIpc) is 3.08. The Kier molecular flexibility index (Phi) is 7.79. The molecule has 31 heavy (non-hydrogen) atoms. The number of carbonyl (C=O) groups excluding carboxylic acids is 1. The molecule has 0 N–H and O–H groups in total. The predicted molar refractivity (Wildman–Crippen MR) is 125 cm³/mol. The summed E-state index contributed by atoms with van der Waals surface area (Å²) >= 11 is 3.03. The maximum Gasteiger partial charge on any atom is 0.263 e. The summed E-state index contributed by atoms with van der Waals surface area (Å²) < 4.78 is 38.8. The summed E-state index contributed by atoms with van der Waals surface area (Å²) in [4.78, 5) is 17.3. The Labute approximate surface area is 189 Å². The van der Waals surface area contributed by atoms with E-state index in [0.717, 1.165) is 21.7 Å². The highest BCUT2D eigenvalue weighted by Crippen LogP contribution is 2.24. The highest BCUT2D eigenvalue weighted by molar-refractivity contribution is 7.98. The van der Waals surface area contributed by atoms with Crippen LogP contribution in [-0.2, 0) is 21.2 Å². The van der Waals surface area contributed by atoms with Crippen LogP contribution in [0.5, 0.6) is 11.5 Å². The van der Waals surface area contributed by atoms with Gasteiger partial charge in [0.15, 0.2) is 14.6 Å². The number of benzene rings is 2. The monoisotopic (exact) mass is 480 g/mol. The number of thiazole rings is 1. The van der Waals surface area contributed by atoms with Crippen molar-refractivity contribution in [2.45, 2.75) is 18.4 Å². The third-order valence-electron chi connectivity index (χ3n) is 4.44. The number of aryl methyl sites for hydroxylation is 1. The van der Waals surface area contributed by atoms with Crippen molar-refractivity contribution >= 4 is 49.1 Å². The number of sulfone groups is 1. The molecule has 0 saturated carbocycles. The predicted octanol–water partition coefficient (Wildman–Crippen LogP) is 3.37. The van der Waals surface area contributed by atoms with Crippen molar-refractivity contribution in [3.63, 3.8) is 0 Å². The molecule has 0 spiro atoms. The zero-order valence-electron chi connectivity index (χ0n) is 17.5. The Hall–Kier alpha value is -2.30. The molecular weight excluding hydrogens is 456 g/mol. The van der Waals surface area contributed by atoms with Crippen LogP contribution in [0.25, 0.3) is 10.2 Å². The van der Waals surface area contributed by atoms with Crippen LogP contribution >= 0.6 is 23.1 Å². The number of hydrogen-bond donors (Lipinski definition) is 0. The van der Waals surface area contributed by atoms with Crippen LogP contribution in [-0.4, -0.2) is 50.4 Å². The van der Waals surface area contributed by atoms with Crippen LogP contribution in [0.2, 0.25) is 0 Å². The zero-order chi connectivity index (χ0) is 22.4. The van der Waals surface area contributed by atoms with E-state index >= 15 is 0 Å². The largest absolute Gasteiger partial charge is 0.497 e. The Balaban J connectivity index is 1.94. The number of nitrogens with zero attached hydrogens (tertiary/aromatic N) is 2. The minimum atomic E-state index is -3.81. The Morgan fingerprint density at radius 2 is 1.87 bits per heavy atom. The fourth-order valence-corrected chi connectivity index (χ4v) is 5.54. The van der Waals surface area contributed by atoms with Crippen LogP contribution in [0, 0.1) is 0 Å².